The van der Waals surface area contributed by atoms with E-state index >= 15 is 0 Å². The maximum atomic E-state index is 13.5. The van der Waals surface area contributed by atoms with Crippen LogP contribution in [0.4, 0.5) is 24.8 Å². The van der Waals surface area contributed by atoms with Gasteiger partial charge in [0.2, 0.25) is 5.95 Å². The van der Waals surface area contributed by atoms with E-state index < -0.39 is 17.3 Å². The third kappa shape index (κ3) is 5.01. The van der Waals surface area contributed by atoms with E-state index in [0.29, 0.717) is 12.9 Å². The highest BCUT2D eigenvalue weighted by Crippen LogP contribution is 2.31. The van der Waals surface area contributed by atoms with E-state index in [1.165, 1.54) is 12.3 Å². The van der Waals surface area contributed by atoms with Crippen LogP contribution in [0.3, 0.4) is 0 Å². The Morgan fingerprint density at radius 1 is 1.35 bits per heavy atom. The van der Waals surface area contributed by atoms with Gasteiger partial charge in [0.05, 0.1) is 17.8 Å². The largest absolute Gasteiger partial charge is 0.360 e. The molecule has 0 saturated heterocycles. The Morgan fingerprint density at radius 3 is 2.69 bits per heavy atom. The summed E-state index contributed by atoms with van der Waals surface area (Å²) in [5, 5.41) is 9.01. The molecule has 9 heteroatoms. The minimum absolute atomic E-state index is 0.150. The molecule has 2 aromatic rings. The molecule has 0 aliphatic carbocycles. The van der Waals surface area contributed by atoms with Gasteiger partial charge in [0, 0.05) is 30.7 Å². The summed E-state index contributed by atoms with van der Waals surface area (Å²) in [6.45, 7) is 4.52. The first kappa shape index (κ1) is 19.4. The van der Waals surface area contributed by atoms with Crippen LogP contribution in [0.2, 0.25) is 0 Å². The molecule has 0 saturated carbocycles. The number of aryl methyl sites for hydroxylation is 2. The maximum absolute atomic E-state index is 13.5. The number of alkyl halides is 2. The van der Waals surface area contributed by atoms with Gasteiger partial charge < -0.3 is 10.6 Å². The predicted octanol–water partition coefficient (Wildman–Crippen LogP) is 4.74. The lowest BCUT2D eigenvalue weighted by atomic mass is 10.1. The maximum Gasteiger partial charge on any atom is 0.273 e. The molecule has 2 rings (SSSR count). The van der Waals surface area contributed by atoms with E-state index in [2.05, 4.69) is 25.7 Å². The Bertz CT molecular complexity index is 830. The van der Waals surface area contributed by atoms with Crippen LogP contribution in [0.25, 0.3) is 0 Å². The van der Waals surface area contributed by atoms with Gasteiger partial charge in [-0.2, -0.15) is 5.11 Å². The van der Waals surface area contributed by atoms with Gasteiger partial charge in [-0.05, 0) is 37.6 Å². The fraction of sp³-hybridized carbons (Fsp3) is 0.294. The van der Waals surface area contributed by atoms with Crippen LogP contribution in [0.1, 0.15) is 23.7 Å². The smallest absolute Gasteiger partial charge is 0.273 e. The van der Waals surface area contributed by atoms with Gasteiger partial charge >= 0.3 is 0 Å². The van der Waals surface area contributed by atoms with Crippen molar-refractivity contribution in [3.63, 3.8) is 0 Å². The number of rotatable bonds is 7. The summed E-state index contributed by atoms with van der Waals surface area (Å²) in [6, 6.07) is 3.30. The van der Waals surface area contributed by atoms with E-state index in [-0.39, 0.29) is 17.9 Å². The summed E-state index contributed by atoms with van der Waals surface area (Å²) < 4.78 is 40.3. The Kier molecular flexibility index (Phi) is 5.91. The van der Waals surface area contributed by atoms with Crippen molar-refractivity contribution in [3.05, 3.63) is 58.9 Å². The van der Waals surface area contributed by atoms with Crippen molar-refractivity contribution in [2.75, 3.05) is 17.2 Å². The van der Waals surface area contributed by atoms with Gasteiger partial charge in [-0.25, -0.2) is 28.7 Å². The lowest BCUT2D eigenvalue weighted by Crippen LogP contribution is -2.11. The van der Waals surface area contributed by atoms with Gasteiger partial charge in [-0.15, -0.1) is 0 Å². The third-order valence-corrected chi connectivity index (χ3v) is 3.64. The standard InChI is InChI=1S/C17H19F3N6/c1-10-7-23-16(25-11(10)2)24-9-13(26-21)8-22-12-4-5-15(18)14(6-12)17(3,19)20/h4-8,21-22H,9H2,1-3H3,(H,23,24,25)/b13-8-,26-21?. The Hall–Kier alpha value is -2.97. The van der Waals surface area contributed by atoms with E-state index in [9.17, 15) is 13.2 Å². The Morgan fingerprint density at radius 2 is 2.08 bits per heavy atom. The van der Waals surface area contributed by atoms with Gasteiger partial charge in [-0.1, -0.05) is 0 Å². The summed E-state index contributed by atoms with van der Waals surface area (Å²) in [6.07, 6.45) is 3.04. The number of hydrogen-bond donors (Lipinski definition) is 3. The number of nitrogens with one attached hydrogen (secondary N) is 3. The second kappa shape index (κ2) is 7.94. The zero-order valence-electron chi connectivity index (χ0n) is 14.6. The fourth-order valence-corrected chi connectivity index (χ4v) is 2.02. The topological polar surface area (TPSA) is 86.0 Å². The summed E-state index contributed by atoms with van der Waals surface area (Å²) in [7, 11) is 0. The van der Waals surface area contributed by atoms with Crippen molar-refractivity contribution in [1.82, 2.24) is 9.97 Å². The molecule has 0 spiro atoms. The van der Waals surface area contributed by atoms with Crippen molar-refractivity contribution in [3.8, 4) is 0 Å². The first-order chi connectivity index (χ1) is 12.2. The van der Waals surface area contributed by atoms with Crippen molar-refractivity contribution in [2.45, 2.75) is 26.7 Å². The molecule has 0 fully saturated rings. The van der Waals surface area contributed by atoms with Crippen LogP contribution in [-0.4, -0.2) is 16.5 Å². The molecule has 1 aromatic carbocycles. The molecule has 0 atom stereocenters. The molecular weight excluding hydrogens is 345 g/mol. The second-order valence-corrected chi connectivity index (χ2v) is 5.79. The zero-order valence-corrected chi connectivity index (χ0v) is 14.6. The molecule has 0 amide bonds. The average molecular weight is 364 g/mol. The van der Waals surface area contributed by atoms with Crippen LogP contribution < -0.4 is 10.6 Å². The molecule has 138 valence electrons. The van der Waals surface area contributed by atoms with Crippen LogP contribution in [0, 0.1) is 25.2 Å². The number of nitrogens with zero attached hydrogens (tertiary/aromatic N) is 3. The highest BCUT2D eigenvalue weighted by molar-refractivity contribution is 5.49. The highest BCUT2D eigenvalue weighted by Gasteiger charge is 2.28. The quantitative estimate of drug-likeness (QED) is 0.619. The number of halogens is 3. The van der Waals surface area contributed by atoms with Crippen molar-refractivity contribution < 1.29 is 13.2 Å². The first-order valence-corrected chi connectivity index (χ1v) is 7.75. The normalized spacial score (nSPS) is 12.0. The minimum Gasteiger partial charge on any atom is -0.360 e. The predicted molar refractivity (Wildman–Crippen MR) is 92.8 cm³/mol. The number of benzene rings is 1. The molecule has 0 aliphatic heterocycles. The van der Waals surface area contributed by atoms with Crippen LogP contribution in [0.5, 0.6) is 0 Å². The fourth-order valence-electron chi connectivity index (χ4n) is 2.02. The van der Waals surface area contributed by atoms with Gasteiger partial charge in [-0.3, -0.25) is 0 Å². The summed E-state index contributed by atoms with van der Waals surface area (Å²) in [5.74, 6) is -3.89. The molecule has 0 aliphatic rings. The second-order valence-electron chi connectivity index (χ2n) is 5.79. The molecule has 1 aromatic heterocycles. The lowest BCUT2D eigenvalue weighted by Gasteiger charge is -2.13. The molecule has 0 radical (unpaired) electrons. The number of hydrogen-bond acceptors (Lipinski definition) is 6. The summed E-state index contributed by atoms with van der Waals surface area (Å²) in [5.41, 5.74) is 8.81. The van der Waals surface area contributed by atoms with Gasteiger partial charge in [0.25, 0.3) is 5.92 Å². The number of aromatic nitrogens is 2. The Labute approximate surface area is 149 Å². The molecule has 0 bridgehead atoms. The third-order valence-electron chi connectivity index (χ3n) is 3.64. The Balaban J connectivity index is 2.07. The zero-order chi connectivity index (χ0) is 19.3. The van der Waals surface area contributed by atoms with Crippen molar-refractivity contribution >= 4 is 11.6 Å². The SMILES string of the molecule is Cc1cnc(NC/C(=C/Nc2ccc(F)c(C(C)(F)F)c2)N=N)nc1C. The summed E-state index contributed by atoms with van der Waals surface area (Å²) in [4.78, 5) is 8.36. The van der Waals surface area contributed by atoms with E-state index in [1.54, 1.807) is 6.20 Å². The van der Waals surface area contributed by atoms with Gasteiger partial charge in [0.1, 0.15) is 5.82 Å². The van der Waals surface area contributed by atoms with E-state index in [0.717, 1.165) is 23.4 Å². The van der Waals surface area contributed by atoms with Gasteiger partial charge in [0.15, 0.2) is 0 Å². The molecule has 1 heterocycles. The van der Waals surface area contributed by atoms with Crippen molar-refractivity contribution in [2.24, 2.45) is 5.11 Å². The molecule has 0 unspecified atom stereocenters. The van der Waals surface area contributed by atoms with Crippen LogP contribution >= 0.6 is 0 Å². The van der Waals surface area contributed by atoms with E-state index in [1.807, 2.05) is 13.8 Å². The van der Waals surface area contributed by atoms with E-state index in [4.69, 9.17) is 5.53 Å². The molecular formula is C17H19F3N6. The lowest BCUT2D eigenvalue weighted by molar-refractivity contribution is 0.0138. The first-order valence-electron chi connectivity index (χ1n) is 7.75. The minimum atomic E-state index is -3.30. The molecule has 26 heavy (non-hydrogen) atoms. The molecule has 6 nitrogen and oxygen atoms in total. The molecule has 3 N–H and O–H groups in total. The summed E-state index contributed by atoms with van der Waals surface area (Å²) >= 11 is 0. The van der Waals surface area contributed by atoms with Crippen LogP contribution in [0.15, 0.2) is 41.4 Å². The van der Waals surface area contributed by atoms with Crippen molar-refractivity contribution in [1.29, 1.82) is 5.53 Å². The highest BCUT2D eigenvalue weighted by atomic mass is 19.3. The number of anilines is 2. The monoisotopic (exact) mass is 364 g/mol. The average Bonchev–Trinajstić information content (AvgIpc) is 2.58. The van der Waals surface area contributed by atoms with Crippen LogP contribution in [-0.2, 0) is 5.92 Å².